The van der Waals surface area contributed by atoms with Gasteiger partial charge in [-0.3, -0.25) is 9.59 Å². The lowest BCUT2D eigenvalue weighted by atomic mass is 10.2. The van der Waals surface area contributed by atoms with Gasteiger partial charge in [0.15, 0.2) is 5.69 Å². The van der Waals surface area contributed by atoms with E-state index in [1.807, 2.05) is 0 Å². The molecule has 3 rings (SSSR count). The van der Waals surface area contributed by atoms with Crippen molar-refractivity contribution in [3.8, 4) is 11.4 Å². The highest BCUT2D eigenvalue weighted by Crippen LogP contribution is 2.27. The molecule has 0 fully saturated rings. The van der Waals surface area contributed by atoms with Crippen molar-refractivity contribution >= 4 is 23.2 Å². The van der Waals surface area contributed by atoms with Gasteiger partial charge in [0.05, 0.1) is 12.1 Å². The smallest absolute Gasteiger partial charge is 0.280 e. The number of hydrogen-bond donors (Lipinski definition) is 1. The molecule has 0 saturated carbocycles. The first-order valence-electron chi connectivity index (χ1n) is 7.91. The minimum atomic E-state index is -0.730. The number of methoxy groups -OCH3 is 1. The van der Waals surface area contributed by atoms with E-state index in [0.717, 1.165) is 0 Å². The van der Waals surface area contributed by atoms with E-state index in [4.69, 9.17) is 16.3 Å². The number of aryl methyl sites for hydroxylation is 1. The summed E-state index contributed by atoms with van der Waals surface area (Å²) in [5, 5.41) is 6.91. The van der Waals surface area contributed by atoms with Crippen LogP contribution in [-0.2, 0) is 0 Å². The topological polar surface area (TPSA) is 73.2 Å². The number of para-hydroxylation sites is 1. The maximum absolute atomic E-state index is 14.1. The minimum Gasteiger partial charge on any atom is -0.495 e. The Morgan fingerprint density at radius 3 is 2.63 bits per heavy atom. The Kier molecular flexibility index (Phi) is 5.23. The Bertz CT molecular complexity index is 1080. The predicted octanol–water partition coefficient (Wildman–Crippen LogP) is 3.59. The van der Waals surface area contributed by atoms with Crippen molar-refractivity contribution in [3.05, 3.63) is 81.0 Å². The second kappa shape index (κ2) is 7.59. The summed E-state index contributed by atoms with van der Waals surface area (Å²) in [5.74, 6) is -0.804. The molecule has 0 spiro atoms. The van der Waals surface area contributed by atoms with Crippen LogP contribution in [0.1, 0.15) is 16.2 Å². The van der Waals surface area contributed by atoms with Crippen molar-refractivity contribution in [1.29, 1.82) is 0 Å². The Balaban J connectivity index is 1.98. The van der Waals surface area contributed by atoms with Crippen molar-refractivity contribution < 1.29 is 13.9 Å². The van der Waals surface area contributed by atoms with Crippen LogP contribution in [0, 0.1) is 12.7 Å². The Morgan fingerprint density at radius 1 is 1.22 bits per heavy atom. The molecule has 1 heterocycles. The van der Waals surface area contributed by atoms with Crippen molar-refractivity contribution in [2.75, 3.05) is 12.4 Å². The van der Waals surface area contributed by atoms with Gasteiger partial charge < -0.3 is 10.1 Å². The Labute approximate surface area is 159 Å². The molecular weight excluding hydrogens is 373 g/mol. The molecule has 0 radical (unpaired) electrons. The second-order valence-electron chi connectivity index (χ2n) is 5.67. The lowest BCUT2D eigenvalue weighted by Gasteiger charge is -2.12. The van der Waals surface area contributed by atoms with Gasteiger partial charge in [0.1, 0.15) is 17.3 Å². The van der Waals surface area contributed by atoms with E-state index in [1.165, 1.54) is 42.1 Å². The molecule has 27 heavy (non-hydrogen) atoms. The number of anilines is 1. The Morgan fingerprint density at radius 2 is 1.96 bits per heavy atom. The third kappa shape index (κ3) is 3.83. The standard InChI is InChI=1S/C19H15ClFN3O3/c1-11-9-16(25)18(23-24(11)15-6-4-3-5-14(15)21)19(26)22-12-7-8-17(27-2)13(20)10-12/h3-10H,1-2H3,(H,22,26). The van der Waals surface area contributed by atoms with Crippen LogP contribution in [0.15, 0.2) is 53.3 Å². The first kappa shape index (κ1) is 18.6. The van der Waals surface area contributed by atoms with Crippen LogP contribution in [0.3, 0.4) is 0 Å². The van der Waals surface area contributed by atoms with Gasteiger partial charge in [-0.1, -0.05) is 23.7 Å². The average Bonchev–Trinajstić information content (AvgIpc) is 2.63. The maximum atomic E-state index is 14.1. The molecule has 0 aliphatic heterocycles. The highest BCUT2D eigenvalue weighted by molar-refractivity contribution is 6.32. The SMILES string of the molecule is COc1ccc(NC(=O)c2nn(-c3ccccc3F)c(C)cc2=O)cc1Cl. The molecule has 138 valence electrons. The zero-order valence-electron chi connectivity index (χ0n) is 14.5. The lowest BCUT2D eigenvalue weighted by Crippen LogP contribution is -2.27. The molecule has 3 aromatic rings. The molecule has 1 aromatic heterocycles. The molecule has 2 aromatic carbocycles. The van der Waals surface area contributed by atoms with Crippen molar-refractivity contribution in [3.63, 3.8) is 0 Å². The number of carbonyl (C=O) groups excluding carboxylic acids is 1. The van der Waals surface area contributed by atoms with E-state index in [0.29, 0.717) is 22.2 Å². The third-order valence-corrected chi connectivity index (χ3v) is 4.11. The fourth-order valence-electron chi connectivity index (χ4n) is 2.51. The number of halogens is 2. The zero-order valence-corrected chi connectivity index (χ0v) is 15.2. The third-order valence-electron chi connectivity index (χ3n) is 3.81. The van der Waals surface area contributed by atoms with Gasteiger partial charge in [-0.05, 0) is 37.3 Å². The van der Waals surface area contributed by atoms with E-state index in [-0.39, 0.29) is 11.4 Å². The van der Waals surface area contributed by atoms with Crippen LogP contribution < -0.4 is 15.5 Å². The monoisotopic (exact) mass is 387 g/mol. The number of nitrogens with one attached hydrogen (secondary N) is 1. The molecule has 0 aliphatic rings. The quantitative estimate of drug-likeness (QED) is 0.742. The van der Waals surface area contributed by atoms with E-state index in [2.05, 4.69) is 10.4 Å². The molecule has 0 saturated heterocycles. The summed E-state index contributed by atoms with van der Waals surface area (Å²) in [6.45, 7) is 1.60. The molecule has 1 amide bonds. The van der Waals surface area contributed by atoms with Gasteiger partial charge in [0.25, 0.3) is 5.91 Å². The van der Waals surface area contributed by atoms with Gasteiger partial charge in [-0.25, -0.2) is 9.07 Å². The number of ether oxygens (including phenoxy) is 1. The van der Waals surface area contributed by atoms with Crippen LogP contribution in [0.2, 0.25) is 5.02 Å². The zero-order chi connectivity index (χ0) is 19.6. The summed E-state index contributed by atoms with van der Waals surface area (Å²) in [4.78, 5) is 24.8. The minimum absolute atomic E-state index is 0.136. The van der Waals surface area contributed by atoms with Gasteiger partial charge in [-0.2, -0.15) is 5.10 Å². The molecule has 0 unspecified atom stereocenters. The fourth-order valence-corrected chi connectivity index (χ4v) is 2.76. The Hall–Kier alpha value is -3.19. The van der Waals surface area contributed by atoms with E-state index < -0.39 is 17.2 Å². The number of carbonyl (C=O) groups is 1. The molecule has 8 heteroatoms. The van der Waals surface area contributed by atoms with Crippen LogP contribution in [0.4, 0.5) is 10.1 Å². The van der Waals surface area contributed by atoms with Crippen molar-refractivity contribution in [2.45, 2.75) is 6.92 Å². The van der Waals surface area contributed by atoms with E-state index in [9.17, 15) is 14.0 Å². The normalized spacial score (nSPS) is 10.5. The molecular formula is C19H15ClFN3O3. The van der Waals surface area contributed by atoms with E-state index in [1.54, 1.807) is 25.1 Å². The summed E-state index contributed by atoms with van der Waals surface area (Å²) >= 11 is 6.03. The summed E-state index contributed by atoms with van der Waals surface area (Å²) in [5.41, 5.74) is -0.0382. The number of amides is 1. The number of benzene rings is 2. The molecule has 0 aliphatic carbocycles. The van der Waals surface area contributed by atoms with Crippen molar-refractivity contribution in [2.24, 2.45) is 0 Å². The van der Waals surface area contributed by atoms with Gasteiger partial charge in [0.2, 0.25) is 5.43 Å². The molecule has 6 nitrogen and oxygen atoms in total. The van der Waals surface area contributed by atoms with Crippen LogP contribution in [0.25, 0.3) is 5.69 Å². The largest absolute Gasteiger partial charge is 0.495 e. The van der Waals surface area contributed by atoms with Crippen LogP contribution in [-0.4, -0.2) is 22.8 Å². The van der Waals surface area contributed by atoms with Crippen LogP contribution >= 0.6 is 11.6 Å². The van der Waals surface area contributed by atoms with Crippen molar-refractivity contribution in [1.82, 2.24) is 9.78 Å². The lowest BCUT2D eigenvalue weighted by molar-refractivity contribution is 0.101. The summed E-state index contributed by atoms with van der Waals surface area (Å²) in [6, 6.07) is 11.8. The molecule has 0 atom stereocenters. The summed E-state index contributed by atoms with van der Waals surface area (Å²) in [7, 11) is 1.47. The first-order valence-corrected chi connectivity index (χ1v) is 8.29. The van der Waals surface area contributed by atoms with Crippen LogP contribution in [0.5, 0.6) is 5.75 Å². The summed E-state index contributed by atoms with van der Waals surface area (Å²) < 4.78 is 20.4. The molecule has 0 bridgehead atoms. The highest BCUT2D eigenvalue weighted by atomic mass is 35.5. The van der Waals surface area contributed by atoms with Gasteiger partial charge in [0, 0.05) is 17.4 Å². The number of hydrogen-bond acceptors (Lipinski definition) is 4. The predicted molar refractivity (Wildman–Crippen MR) is 100 cm³/mol. The van der Waals surface area contributed by atoms with E-state index >= 15 is 0 Å². The summed E-state index contributed by atoms with van der Waals surface area (Å²) in [6.07, 6.45) is 0. The van der Waals surface area contributed by atoms with Gasteiger partial charge >= 0.3 is 0 Å². The second-order valence-corrected chi connectivity index (χ2v) is 6.07. The fraction of sp³-hybridized carbons (Fsp3) is 0.105. The molecule has 1 N–H and O–H groups in total. The number of nitrogens with zero attached hydrogens (tertiary/aromatic N) is 2. The number of aromatic nitrogens is 2. The maximum Gasteiger partial charge on any atom is 0.280 e. The highest BCUT2D eigenvalue weighted by Gasteiger charge is 2.17. The number of rotatable bonds is 4. The first-order chi connectivity index (χ1) is 12.9. The average molecular weight is 388 g/mol. The van der Waals surface area contributed by atoms with Gasteiger partial charge in [-0.15, -0.1) is 0 Å².